The van der Waals surface area contributed by atoms with E-state index in [2.05, 4.69) is 15.6 Å². The molecule has 3 rings (SSSR count). The molecule has 2 aromatic carbocycles. The van der Waals surface area contributed by atoms with Gasteiger partial charge in [0, 0.05) is 34.7 Å². The molecular formula is C18H16N4O2. The van der Waals surface area contributed by atoms with E-state index >= 15 is 0 Å². The quantitative estimate of drug-likeness (QED) is 0.672. The molecule has 0 unspecified atom stereocenters. The van der Waals surface area contributed by atoms with Gasteiger partial charge >= 0.3 is 0 Å². The van der Waals surface area contributed by atoms with Gasteiger partial charge in [-0.25, -0.2) is 0 Å². The smallest absolute Gasteiger partial charge is 0.248 e. The summed E-state index contributed by atoms with van der Waals surface area (Å²) in [5.41, 5.74) is 7.00. The predicted octanol–water partition coefficient (Wildman–Crippen LogP) is 2.38. The molecule has 4 N–H and O–H groups in total. The molecule has 0 bridgehead atoms. The van der Waals surface area contributed by atoms with Crippen molar-refractivity contribution in [1.29, 1.82) is 0 Å². The Morgan fingerprint density at radius 2 is 1.88 bits per heavy atom. The number of aromatic nitrogens is 1. The number of rotatable bonds is 5. The van der Waals surface area contributed by atoms with Crippen LogP contribution < -0.4 is 16.4 Å². The molecule has 0 saturated heterocycles. The van der Waals surface area contributed by atoms with Crippen molar-refractivity contribution in [3.8, 4) is 0 Å². The number of benzene rings is 2. The van der Waals surface area contributed by atoms with Gasteiger partial charge in [-0.2, -0.15) is 0 Å². The minimum Gasteiger partial charge on any atom is -0.376 e. The molecule has 0 spiro atoms. The Labute approximate surface area is 138 Å². The first kappa shape index (κ1) is 15.5. The number of anilines is 2. The first-order valence-electron chi connectivity index (χ1n) is 7.39. The summed E-state index contributed by atoms with van der Waals surface area (Å²) in [6, 6.07) is 14.2. The molecule has 1 aromatic heterocycles. The average molecular weight is 320 g/mol. The second-order valence-electron chi connectivity index (χ2n) is 5.28. The maximum absolute atomic E-state index is 12.1. The monoisotopic (exact) mass is 320 g/mol. The van der Waals surface area contributed by atoms with Crippen LogP contribution in [0, 0.1) is 0 Å². The number of fused-ring (bicyclic) bond motifs is 1. The van der Waals surface area contributed by atoms with Gasteiger partial charge in [-0.1, -0.05) is 12.1 Å². The first-order valence-corrected chi connectivity index (χ1v) is 7.39. The third-order valence-electron chi connectivity index (χ3n) is 3.52. The van der Waals surface area contributed by atoms with E-state index in [0.29, 0.717) is 16.9 Å². The topological polar surface area (TPSA) is 97.1 Å². The van der Waals surface area contributed by atoms with E-state index in [1.165, 1.54) is 0 Å². The molecule has 0 radical (unpaired) electrons. The van der Waals surface area contributed by atoms with E-state index in [-0.39, 0.29) is 12.5 Å². The van der Waals surface area contributed by atoms with Gasteiger partial charge in [-0.05, 0) is 41.8 Å². The molecule has 0 aliphatic carbocycles. The zero-order valence-corrected chi connectivity index (χ0v) is 12.8. The summed E-state index contributed by atoms with van der Waals surface area (Å²) in [5.74, 6) is -0.693. The van der Waals surface area contributed by atoms with Crippen LogP contribution >= 0.6 is 0 Å². The van der Waals surface area contributed by atoms with E-state index in [1.807, 2.05) is 24.3 Å². The lowest BCUT2D eigenvalue weighted by atomic mass is 10.1. The molecule has 3 aromatic rings. The molecule has 0 saturated carbocycles. The summed E-state index contributed by atoms with van der Waals surface area (Å²) < 4.78 is 0. The zero-order valence-electron chi connectivity index (χ0n) is 12.8. The maximum Gasteiger partial charge on any atom is 0.248 e. The van der Waals surface area contributed by atoms with Crippen LogP contribution in [0.4, 0.5) is 11.4 Å². The number of carbonyl (C=O) groups excluding carboxylic acids is 2. The Morgan fingerprint density at radius 1 is 1.00 bits per heavy atom. The van der Waals surface area contributed by atoms with Crippen LogP contribution in [-0.2, 0) is 4.79 Å². The van der Waals surface area contributed by atoms with E-state index in [4.69, 9.17) is 5.73 Å². The minimum absolute atomic E-state index is 0.0800. The largest absolute Gasteiger partial charge is 0.376 e. The van der Waals surface area contributed by atoms with E-state index in [0.717, 1.165) is 10.8 Å². The Balaban J connectivity index is 1.62. The third kappa shape index (κ3) is 3.67. The molecule has 24 heavy (non-hydrogen) atoms. The number of nitrogens with zero attached hydrogens (tertiary/aromatic N) is 1. The van der Waals surface area contributed by atoms with Gasteiger partial charge in [0.05, 0.1) is 6.54 Å². The number of amides is 2. The summed E-state index contributed by atoms with van der Waals surface area (Å²) in [7, 11) is 0. The van der Waals surface area contributed by atoms with Gasteiger partial charge in [-0.15, -0.1) is 0 Å². The van der Waals surface area contributed by atoms with E-state index in [9.17, 15) is 9.59 Å². The fraction of sp³-hybridized carbons (Fsp3) is 0.0556. The summed E-state index contributed by atoms with van der Waals surface area (Å²) in [6.07, 6.45) is 3.48. The summed E-state index contributed by atoms with van der Waals surface area (Å²) in [5, 5.41) is 7.81. The minimum atomic E-state index is -0.506. The van der Waals surface area contributed by atoms with Crippen LogP contribution in [0.1, 0.15) is 10.4 Å². The Morgan fingerprint density at radius 3 is 2.71 bits per heavy atom. The van der Waals surface area contributed by atoms with Crippen molar-refractivity contribution in [3.05, 3.63) is 66.5 Å². The van der Waals surface area contributed by atoms with Gasteiger partial charge in [0.15, 0.2) is 0 Å². The van der Waals surface area contributed by atoms with Crippen LogP contribution in [0.15, 0.2) is 60.9 Å². The van der Waals surface area contributed by atoms with Crippen LogP contribution in [0.5, 0.6) is 0 Å². The Hall–Kier alpha value is -3.41. The Kier molecular flexibility index (Phi) is 4.38. The predicted molar refractivity (Wildman–Crippen MR) is 93.8 cm³/mol. The molecular weight excluding hydrogens is 304 g/mol. The summed E-state index contributed by atoms with van der Waals surface area (Å²) >= 11 is 0. The van der Waals surface area contributed by atoms with Crippen LogP contribution in [0.25, 0.3) is 10.8 Å². The molecule has 0 aliphatic rings. The second kappa shape index (κ2) is 6.78. The first-order chi connectivity index (χ1) is 11.6. The molecule has 0 atom stereocenters. The highest BCUT2D eigenvalue weighted by atomic mass is 16.2. The van der Waals surface area contributed by atoms with Gasteiger partial charge < -0.3 is 16.4 Å². The standard InChI is InChI=1S/C18H16N4O2/c19-18(24)13-2-1-3-15(9-13)21-11-17(23)22-16-5-4-14-10-20-7-6-12(14)8-16/h1-10,21H,11H2,(H2,19,24)(H,22,23). The van der Waals surface area contributed by atoms with Crippen molar-refractivity contribution in [2.45, 2.75) is 0 Å². The van der Waals surface area contributed by atoms with Crippen LogP contribution in [-0.4, -0.2) is 23.3 Å². The number of hydrogen-bond acceptors (Lipinski definition) is 4. The lowest BCUT2D eigenvalue weighted by Gasteiger charge is -2.09. The lowest BCUT2D eigenvalue weighted by molar-refractivity contribution is -0.114. The molecule has 1 heterocycles. The van der Waals surface area contributed by atoms with Crippen molar-refractivity contribution in [2.75, 3.05) is 17.2 Å². The van der Waals surface area contributed by atoms with Crippen molar-refractivity contribution < 1.29 is 9.59 Å². The van der Waals surface area contributed by atoms with E-state index in [1.54, 1.807) is 36.7 Å². The summed E-state index contributed by atoms with van der Waals surface area (Å²) in [6.45, 7) is 0.0800. The van der Waals surface area contributed by atoms with Gasteiger partial charge in [0.1, 0.15) is 0 Å². The van der Waals surface area contributed by atoms with E-state index < -0.39 is 5.91 Å². The molecule has 0 aliphatic heterocycles. The molecule has 0 fully saturated rings. The second-order valence-corrected chi connectivity index (χ2v) is 5.28. The van der Waals surface area contributed by atoms with Crippen molar-refractivity contribution in [3.63, 3.8) is 0 Å². The molecule has 120 valence electrons. The van der Waals surface area contributed by atoms with Gasteiger partial charge in [-0.3, -0.25) is 14.6 Å². The number of primary amides is 1. The number of nitrogens with two attached hydrogens (primary N) is 1. The lowest BCUT2D eigenvalue weighted by Crippen LogP contribution is -2.22. The number of nitrogens with one attached hydrogen (secondary N) is 2. The highest BCUT2D eigenvalue weighted by molar-refractivity contribution is 5.97. The number of carbonyl (C=O) groups is 2. The Bertz CT molecular complexity index is 908. The number of hydrogen-bond donors (Lipinski definition) is 3. The normalized spacial score (nSPS) is 10.3. The maximum atomic E-state index is 12.1. The van der Waals surface area contributed by atoms with Crippen LogP contribution in [0.3, 0.4) is 0 Å². The highest BCUT2D eigenvalue weighted by Crippen LogP contribution is 2.18. The van der Waals surface area contributed by atoms with Gasteiger partial charge in [0.2, 0.25) is 11.8 Å². The molecule has 6 nitrogen and oxygen atoms in total. The van der Waals surface area contributed by atoms with Crippen molar-refractivity contribution in [2.24, 2.45) is 5.73 Å². The third-order valence-corrected chi connectivity index (χ3v) is 3.52. The highest BCUT2D eigenvalue weighted by Gasteiger charge is 2.05. The SMILES string of the molecule is NC(=O)c1cccc(NCC(=O)Nc2ccc3cnccc3c2)c1. The van der Waals surface area contributed by atoms with Crippen molar-refractivity contribution in [1.82, 2.24) is 4.98 Å². The average Bonchev–Trinajstić information content (AvgIpc) is 2.60. The fourth-order valence-electron chi connectivity index (χ4n) is 2.33. The van der Waals surface area contributed by atoms with Crippen molar-refractivity contribution >= 4 is 34.0 Å². The molecule has 2 amide bonds. The van der Waals surface area contributed by atoms with Crippen LogP contribution in [0.2, 0.25) is 0 Å². The van der Waals surface area contributed by atoms with Gasteiger partial charge in [0.25, 0.3) is 0 Å². The fourth-order valence-corrected chi connectivity index (χ4v) is 2.33. The molecule has 6 heteroatoms. The zero-order chi connectivity index (χ0) is 16.9. The number of pyridine rings is 1. The summed E-state index contributed by atoms with van der Waals surface area (Å²) in [4.78, 5) is 27.3.